The first-order valence-corrected chi connectivity index (χ1v) is 9.40. The van der Waals surface area contributed by atoms with E-state index >= 15 is 0 Å². The van der Waals surface area contributed by atoms with Gasteiger partial charge in [0.05, 0.1) is 5.69 Å². The maximum Gasteiger partial charge on any atom is 0.228 e. The van der Waals surface area contributed by atoms with Crippen LogP contribution in [0.25, 0.3) is 0 Å². The van der Waals surface area contributed by atoms with E-state index in [-0.39, 0.29) is 0 Å². The number of nitrogens with zero attached hydrogens (tertiary/aromatic N) is 5. The lowest BCUT2D eigenvalue weighted by Crippen LogP contribution is -2.34. The van der Waals surface area contributed by atoms with E-state index in [9.17, 15) is 0 Å². The van der Waals surface area contributed by atoms with E-state index in [1.807, 2.05) is 56.0 Å². The normalized spacial score (nSPS) is 17.6. The lowest BCUT2D eigenvalue weighted by molar-refractivity contribution is 0.198. The minimum atomic E-state index is 0.421. The van der Waals surface area contributed by atoms with Gasteiger partial charge in [0.1, 0.15) is 5.82 Å². The molecule has 0 aromatic carbocycles. The molecule has 27 heavy (non-hydrogen) atoms. The molecule has 1 aliphatic heterocycles. The summed E-state index contributed by atoms with van der Waals surface area (Å²) in [5.41, 5.74) is 3.48. The van der Waals surface area contributed by atoms with Crippen LogP contribution in [0.2, 0.25) is 0 Å². The zero-order valence-corrected chi connectivity index (χ0v) is 15.5. The van der Waals surface area contributed by atoms with Gasteiger partial charge in [-0.25, -0.2) is 15.0 Å². The van der Waals surface area contributed by atoms with E-state index in [4.69, 9.17) is 4.98 Å². The van der Waals surface area contributed by atoms with Crippen LogP contribution in [-0.2, 0) is 6.54 Å². The quantitative estimate of drug-likeness (QED) is 0.748. The Labute approximate surface area is 159 Å². The molecule has 1 aliphatic rings. The SMILES string of the molecule is Cc1ccc(Nc2nccc(C3CCCN(Cc4cccnc4)C3)n2)nc1. The Hall–Kier alpha value is -2.86. The molecule has 1 saturated heterocycles. The molecule has 138 valence electrons. The average molecular weight is 360 g/mol. The minimum Gasteiger partial charge on any atom is -0.309 e. The molecule has 0 aliphatic carbocycles. The van der Waals surface area contributed by atoms with Gasteiger partial charge in [-0.05, 0) is 55.6 Å². The monoisotopic (exact) mass is 360 g/mol. The van der Waals surface area contributed by atoms with Gasteiger partial charge in [-0.1, -0.05) is 12.1 Å². The van der Waals surface area contributed by atoms with E-state index in [1.54, 1.807) is 0 Å². The summed E-state index contributed by atoms with van der Waals surface area (Å²) in [4.78, 5) is 20.2. The summed E-state index contributed by atoms with van der Waals surface area (Å²) in [6.07, 6.45) is 9.77. The zero-order chi connectivity index (χ0) is 18.5. The lowest BCUT2D eigenvalue weighted by Gasteiger charge is -2.32. The third kappa shape index (κ3) is 4.65. The van der Waals surface area contributed by atoms with E-state index in [0.29, 0.717) is 11.9 Å². The van der Waals surface area contributed by atoms with Gasteiger partial charge >= 0.3 is 0 Å². The number of nitrogens with one attached hydrogen (secondary N) is 1. The number of rotatable bonds is 5. The van der Waals surface area contributed by atoms with Crippen LogP contribution >= 0.6 is 0 Å². The number of pyridine rings is 2. The molecule has 4 rings (SSSR count). The van der Waals surface area contributed by atoms with Crippen molar-refractivity contribution in [2.45, 2.75) is 32.2 Å². The summed E-state index contributed by atoms with van der Waals surface area (Å²) in [5, 5.41) is 3.21. The van der Waals surface area contributed by atoms with Gasteiger partial charge in [0.25, 0.3) is 0 Å². The fourth-order valence-electron chi connectivity index (χ4n) is 3.51. The molecule has 3 aromatic heterocycles. The average Bonchev–Trinajstić information content (AvgIpc) is 2.71. The van der Waals surface area contributed by atoms with Gasteiger partial charge in [0.15, 0.2) is 0 Å². The van der Waals surface area contributed by atoms with E-state index in [2.05, 4.69) is 31.2 Å². The van der Waals surface area contributed by atoms with Crippen molar-refractivity contribution in [2.24, 2.45) is 0 Å². The molecule has 0 amide bonds. The van der Waals surface area contributed by atoms with E-state index in [1.165, 1.54) is 12.0 Å². The summed E-state index contributed by atoms with van der Waals surface area (Å²) in [6.45, 7) is 5.09. The first kappa shape index (κ1) is 17.5. The van der Waals surface area contributed by atoms with Crippen LogP contribution in [-0.4, -0.2) is 37.9 Å². The zero-order valence-electron chi connectivity index (χ0n) is 15.5. The van der Waals surface area contributed by atoms with Crippen LogP contribution in [0.1, 0.15) is 35.6 Å². The molecule has 0 bridgehead atoms. The fraction of sp³-hybridized carbons (Fsp3) is 0.333. The van der Waals surface area contributed by atoms with Crippen LogP contribution in [0, 0.1) is 6.92 Å². The molecule has 0 saturated carbocycles. The van der Waals surface area contributed by atoms with Gasteiger partial charge in [-0.15, -0.1) is 0 Å². The number of aryl methyl sites for hydroxylation is 1. The summed E-state index contributed by atoms with van der Waals surface area (Å²) in [5.74, 6) is 1.79. The fourth-order valence-corrected chi connectivity index (χ4v) is 3.51. The summed E-state index contributed by atoms with van der Waals surface area (Å²) in [7, 11) is 0. The van der Waals surface area contributed by atoms with Crippen molar-refractivity contribution in [2.75, 3.05) is 18.4 Å². The molecular formula is C21H24N6. The first-order chi connectivity index (χ1) is 13.3. The van der Waals surface area contributed by atoms with Crippen molar-refractivity contribution >= 4 is 11.8 Å². The molecule has 6 nitrogen and oxygen atoms in total. The molecule has 1 fully saturated rings. The van der Waals surface area contributed by atoms with Gasteiger partial charge in [0, 0.05) is 43.8 Å². The summed E-state index contributed by atoms with van der Waals surface area (Å²) >= 11 is 0. The topological polar surface area (TPSA) is 66.8 Å². The Morgan fingerprint density at radius 3 is 2.89 bits per heavy atom. The summed E-state index contributed by atoms with van der Waals surface area (Å²) < 4.78 is 0. The largest absolute Gasteiger partial charge is 0.309 e. The highest BCUT2D eigenvalue weighted by Crippen LogP contribution is 2.27. The Morgan fingerprint density at radius 2 is 2.07 bits per heavy atom. The highest BCUT2D eigenvalue weighted by molar-refractivity contribution is 5.47. The van der Waals surface area contributed by atoms with Crippen LogP contribution in [0.5, 0.6) is 0 Å². The van der Waals surface area contributed by atoms with Crippen molar-refractivity contribution in [1.29, 1.82) is 0 Å². The van der Waals surface area contributed by atoms with Crippen LogP contribution in [0.4, 0.5) is 11.8 Å². The van der Waals surface area contributed by atoms with Crippen LogP contribution in [0.15, 0.2) is 55.1 Å². The minimum absolute atomic E-state index is 0.421. The number of piperidine rings is 1. The second-order valence-corrected chi connectivity index (χ2v) is 7.09. The second kappa shape index (κ2) is 8.22. The van der Waals surface area contributed by atoms with Crippen LogP contribution < -0.4 is 5.32 Å². The molecule has 0 radical (unpaired) electrons. The number of likely N-dealkylation sites (tertiary alicyclic amines) is 1. The van der Waals surface area contributed by atoms with E-state index < -0.39 is 0 Å². The van der Waals surface area contributed by atoms with Crippen LogP contribution in [0.3, 0.4) is 0 Å². The highest BCUT2D eigenvalue weighted by atomic mass is 15.2. The van der Waals surface area contributed by atoms with Gasteiger partial charge in [-0.2, -0.15) is 0 Å². The van der Waals surface area contributed by atoms with Gasteiger partial charge in [-0.3, -0.25) is 9.88 Å². The third-order valence-electron chi connectivity index (χ3n) is 4.88. The molecule has 4 heterocycles. The molecule has 6 heteroatoms. The number of aromatic nitrogens is 4. The Kier molecular flexibility index (Phi) is 5.34. The third-order valence-corrected chi connectivity index (χ3v) is 4.88. The number of hydrogen-bond donors (Lipinski definition) is 1. The molecular weight excluding hydrogens is 336 g/mol. The van der Waals surface area contributed by atoms with Crippen molar-refractivity contribution < 1.29 is 0 Å². The first-order valence-electron chi connectivity index (χ1n) is 9.40. The smallest absolute Gasteiger partial charge is 0.228 e. The maximum absolute atomic E-state index is 4.75. The second-order valence-electron chi connectivity index (χ2n) is 7.09. The van der Waals surface area contributed by atoms with Crippen molar-refractivity contribution in [3.05, 3.63) is 71.9 Å². The Balaban J connectivity index is 1.43. The molecule has 0 spiro atoms. The van der Waals surface area contributed by atoms with Gasteiger partial charge in [0.2, 0.25) is 5.95 Å². The number of hydrogen-bond acceptors (Lipinski definition) is 6. The predicted octanol–water partition coefficient (Wildman–Crippen LogP) is 3.70. The standard InChI is InChI=1S/C21H24N6/c1-16-6-7-20(24-12-16)26-21-23-10-8-19(25-21)18-5-3-11-27(15-18)14-17-4-2-9-22-13-17/h2,4,6-10,12-13,18H,3,5,11,14-15H2,1H3,(H,23,24,25,26). The molecule has 1 N–H and O–H groups in total. The Bertz CT molecular complexity index is 865. The summed E-state index contributed by atoms with van der Waals surface area (Å²) in [6, 6.07) is 10.1. The predicted molar refractivity (Wildman–Crippen MR) is 106 cm³/mol. The van der Waals surface area contributed by atoms with E-state index in [0.717, 1.165) is 43.1 Å². The molecule has 1 atom stereocenters. The molecule has 3 aromatic rings. The number of anilines is 2. The van der Waals surface area contributed by atoms with Crippen molar-refractivity contribution in [3.8, 4) is 0 Å². The van der Waals surface area contributed by atoms with Gasteiger partial charge < -0.3 is 5.32 Å². The highest BCUT2D eigenvalue weighted by Gasteiger charge is 2.23. The van der Waals surface area contributed by atoms with Crippen molar-refractivity contribution in [1.82, 2.24) is 24.8 Å². The van der Waals surface area contributed by atoms with Crippen molar-refractivity contribution in [3.63, 3.8) is 0 Å². The Morgan fingerprint density at radius 1 is 1.11 bits per heavy atom. The molecule has 1 unspecified atom stereocenters. The lowest BCUT2D eigenvalue weighted by atomic mass is 9.94. The maximum atomic E-state index is 4.75.